The van der Waals surface area contributed by atoms with Crippen molar-refractivity contribution in [2.45, 2.75) is 0 Å². The molecule has 0 bridgehead atoms. The van der Waals surface area contributed by atoms with Crippen molar-refractivity contribution in [2.24, 2.45) is 5.73 Å². The molecule has 17 heavy (non-hydrogen) atoms. The molecule has 2 amide bonds. The fraction of sp³-hybridized carbons (Fsp3) is 0.500. The molecule has 0 radical (unpaired) electrons. The van der Waals surface area contributed by atoms with Crippen molar-refractivity contribution in [1.29, 1.82) is 0 Å². The van der Waals surface area contributed by atoms with Crippen LogP contribution in [0.2, 0.25) is 0 Å². The minimum absolute atomic E-state index is 0. The Morgan fingerprint density at radius 3 is 2.24 bits per heavy atom. The second-order valence-corrected chi connectivity index (χ2v) is 2.61. The van der Waals surface area contributed by atoms with Crippen LogP contribution in [0, 0.1) is 0 Å². The summed E-state index contributed by atoms with van der Waals surface area (Å²) in [4.78, 5) is 42.3. The Bertz CT molecular complexity index is 284. The smallest absolute Gasteiger partial charge is 0.325 e. The molecule has 0 saturated carbocycles. The summed E-state index contributed by atoms with van der Waals surface area (Å²) < 4.78 is 4.36. The van der Waals surface area contributed by atoms with Crippen molar-refractivity contribution >= 4 is 36.5 Å². The lowest BCUT2D eigenvalue weighted by Crippen LogP contribution is -2.41. The minimum atomic E-state index is -0.731. The normalized spacial score (nSPS) is 8.53. The van der Waals surface area contributed by atoms with Gasteiger partial charge in [0.05, 0.1) is 13.1 Å². The summed E-state index contributed by atoms with van der Waals surface area (Å²) in [6, 6.07) is 0. The SMILES string of the molecule is Cl.NCC(=O)NCC(=O)NCC(=O)OCC=O. The third-order valence-electron chi connectivity index (χ3n) is 1.37. The lowest BCUT2D eigenvalue weighted by atomic mass is 10.5. The number of nitrogens with one attached hydrogen (secondary N) is 2. The average molecular weight is 268 g/mol. The zero-order valence-electron chi connectivity index (χ0n) is 8.93. The fourth-order valence-electron chi connectivity index (χ4n) is 0.662. The lowest BCUT2D eigenvalue weighted by Gasteiger charge is -2.05. The number of halogens is 1. The summed E-state index contributed by atoms with van der Waals surface area (Å²) in [7, 11) is 0. The number of ether oxygens (including phenoxy) is 1. The molecule has 0 aliphatic rings. The molecule has 9 heteroatoms. The van der Waals surface area contributed by atoms with Gasteiger partial charge in [-0.25, -0.2) is 0 Å². The molecular formula is C8H14ClN3O5. The van der Waals surface area contributed by atoms with Gasteiger partial charge in [-0.2, -0.15) is 0 Å². The summed E-state index contributed by atoms with van der Waals surface area (Å²) in [5.41, 5.74) is 4.98. The van der Waals surface area contributed by atoms with Crippen molar-refractivity contribution in [3.8, 4) is 0 Å². The Morgan fingerprint density at radius 2 is 1.71 bits per heavy atom. The Morgan fingerprint density at radius 1 is 1.12 bits per heavy atom. The number of rotatable bonds is 7. The van der Waals surface area contributed by atoms with E-state index in [2.05, 4.69) is 15.4 Å². The molecule has 4 N–H and O–H groups in total. The van der Waals surface area contributed by atoms with Crippen LogP contribution in [-0.4, -0.2) is 50.3 Å². The number of aldehydes is 1. The Balaban J connectivity index is 0. The van der Waals surface area contributed by atoms with E-state index in [0.29, 0.717) is 6.29 Å². The maximum atomic E-state index is 11.0. The van der Waals surface area contributed by atoms with E-state index in [9.17, 15) is 19.2 Å². The van der Waals surface area contributed by atoms with Crippen LogP contribution in [0.15, 0.2) is 0 Å². The topological polar surface area (TPSA) is 128 Å². The number of amides is 2. The number of carbonyl (C=O) groups is 4. The zero-order chi connectivity index (χ0) is 12.4. The van der Waals surface area contributed by atoms with Crippen LogP contribution in [0.1, 0.15) is 0 Å². The van der Waals surface area contributed by atoms with E-state index in [1.165, 1.54) is 0 Å². The fourth-order valence-corrected chi connectivity index (χ4v) is 0.662. The maximum Gasteiger partial charge on any atom is 0.325 e. The first kappa shape index (κ1) is 17.7. The van der Waals surface area contributed by atoms with Gasteiger partial charge in [0, 0.05) is 0 Å². The van der Waals surface area contributed by atoms with Crippen LogP contribution in [0.4, 0.5) is 0 Å². The van der Waals surface area contributed by atoms with E-state index in [1.54, 1.807) is 0 Å². The zero-order valence-corrected chi connectivity index (χ0v) is 9.75. The summed E-state index contributed by atoms with van der Waals surface area (Å²) in [6.07, 6.45) is 0.418. The molecule has 0 aliphatic heterocycles. The Kier molecular flexibility index (Phi) is 11.3. The molecule has 0 spiro atoms. The molecule has 0 atom stereocenters. The first-order valence-electron chi connectivity index (χ1n) is 4.43. The van der Waals surface area contributed by atoms with Gasteiger partial charge in [0.25, 0.3) is 0 Å². The molecule has 0 fully saturated rings. The predicted molar refractivity (Wildman–Crippen MR) is 59.3 cm³/mol. The third kappa shape index (κ3) is 10.6. The quantitative estimate of drug-likeness (QED) is 0.341. The van der Waals surface area contributed by atoms with Crippen LogP contribution in [0.25, 0.3) is 0 Å². The van der Waals surface area contributed by atoms with Crippen molar-refractivity contribution in [3.63, 3.8) is 0 Å². The van der Waals surface area contributed by atoms with Gasteiger partial charge in [0.2, 0.25) is 11.8 Å². The highest BCUT2D eigenvalue weighted by atomic mass is 35.5. The Hall–Kier alpha value is -1.67. The van der Waals surface area contributed by atoms with Crippen LogP contribution in [0.5, 0.6) is 0 Å². The number of esters is 1. The molecule has 0 aromatic carbocycles. The van der Waals surface area contributed by atoms with E-state index in [1.807, 2.05) is 0 Å². The van der Waals surface area contributed by atoms with E-state index in [4.69, 9.17) is 5.73 Å². The van der Waals surface area contributed by atoms with Crippen LogP contribution >= 0.6 is 12.4 Å². The van der Waals surface area contributed by atoms with Crippen LogP contribution in [-0.2, 0) is 23.9 Å². The molecule has 0 aromatic heterocycles. The second-order valence-electron chi connectivity index (χ2n) is 2.61. The Labute approximate surface area is 104 Å². The lowest BCUT2D eigenvalue weighted by molar-refractivity contribution is -0.145. The van der Waals surface area contributed by atoms with Gasteiger partial charge in [0.1, 0.15) is 13.2 Å². The minimum Gasteiger partial charge on any atom is -0.457 e. The predicted octanol–water partition coefficient (Wildman–Crippen LogP) is -2.66. The van der Waals surface area contributed by atoms with E-state index in [0.717, 1.165) is 0 Å². The number of hydrogen-bond donors (Lipinski definition) is 3. The maximum absolute atomic E-state index is 11.0. The molecule has 0 saturated heterocycles. The van der Waals surface area contributed by atoms with Crippen molar-refractivity contribution < 1.29 is 23.9 Å². The van der Waals surface area contributed by atoms with Crippen LogP contribution < -0.4 is 16.4 Å². The van der Waals surface area contributed by atoms with Gasteiger partial charge in [-0.05, 0) is 0 Å². The number of nitrogens with two attached hydrogens (primary N) is 1. The third-order valence-corrected chi connectivity index (χ3v) is 1.37. The summed E-state index contributed by atoms with van der Waals surface area (Å²) in [5.74, 6) is -1.76. The molecule has 0 heterocycles. The van der Waals surface area contributed by atoms with Gasteiger partial charge in [-0.15, -0.1) is 12.4 Å². The molecule has 0 aliphatic carbocycles. The summed E-state index contributed by atoms with van der Waals surface area (Å²) >= 11 is 0. The van der Waals surface area contributed by atoms with Crippen molar-refractivity contribution in [2.75, 3.05) is 26.2 Å². The molecule has 8 nitrogen and oxygen atoms in total. The summed E-state index contributed by atoms with van der Waals surface area (Å²) in [6.45, 7) is -1.19. The van der Waals surface area contributed by atoms with Gasteiger partial charge in [-0.3, -0.25) is 19.2 Å². The highest BCUT2D eigenvalue weighted by molar-refractivity contribution is 5.87. The van der Waals surface area contributed by atoms with Gasteiger partial charge in [-0.1, -0.05) is 0 Å². The largest absolute Gasteiger partial charge is 0.457 e. The molecular weight excluding hydrogens is 254 g/mol. The molecule has 0 aromatic rings. The monoisotopic (exact) mass is 267 g/mol. The second kappa shape index (κ2) is 10.8. The summed E-state index contributed by atoms with van der Waals surface area (Å²) in [5, 5.41) is 4.40. The first-order valence-corrected chi connectivity index (χ1v) is 4.43. The van der Waals surface area contributed by atoms with Gasteiger partial charge >= 0.3 is 5.97 Å². The molecule has 0 unspecified atom stereocenters. The number of carbonyl (C=O) groups excluding carboxylic acids is 4. The van der Waals surface area contributed by atoms with Crippen LogP contribution in [0.3, 0.4) is 0 Å². The van der Waals surface area contributed by atoms with E-state index in [-0.39, 0.29) is 38.6 Å². The first-order chi connectivity index (χ1) is 7.60. The highest BCUT2D eigenvalue weighted by Crippen LogP contribution is 1.74. The number of hydrogen-bond acceptors (Lipinski definition) is 6. The average Bonchev–Trinajstić information content (AvgIpc) is 2.30. The van der Waals surface area contributed by atoms with Crippen molar-refractivity contribution in [1.82, 2.24) is 10.6 Å². The van der Waals surface area contributed by atoms with E-state index < -0.39 is 17.8 Å². The van der Waals surface area contributed by atoms with E-state index >= 15 is 0 Å². The highest BCUT2D eigenvalue weighted by Gasteiger charge is 2.07. The van der Waals surface area contributed by atoms with Crippen molar-refractivity contribution in [3.05, 3.63) is 0 Å². The standard InChI is InChI=1S/C8H13N3O5.ClH/c9-3-6(13)10-4-7(14)11-5-8(15)16-2-1-12;/h1H,2-5,9H2,(H,10,13)(H,11,14);1H. The molecule has 98 valence electrons. The van der Waals surface area contributed by atoms with Gasteiger partial charge < -0.3 is 21.1 Å². The molecule has 0 rings (SSSR count). The van der Waals surface area contributed by atoms with Gasteiger partial charge in [0.15, 0.2) is 6.29 Å².